The molecule has 14 heteroatoms. The minimum Gasteiger partial charge on any atom is -0.376 e. The summed E-state index contributed by atoms with van der Waals surface area (Å²) in [4.78, 5) is 0. The van der Waals surface area contributed by atoms with Gasteiger partial charge in [0.1, 0.15) is 37.4 Å². The molecule has 0 saturated heterocycles. The fraction of sp³-hybridized carbons (Fsp3) is 1.00. The van der Waals surface area contributed by atoms with Gasteiger partial charge >= 0.3 is 7.82 Å². The van der Waals surface area contributed by atoms with E-state index in [-0.39, 0.29) is 0 Å². The van der Waals surface area contributed by atoms with Crippen molar-refractivity contribution in [2.45, 2.75) is 78.9 Å². The van der Waals surface area contributed by atoms with Gasteiger partial charge in [-0.1, -0.05) is 0 Å². The van der Waals surface area contributed by atoms with Gasteiger partial charge in [-0.2, -0.15) is 13.9 Å². The molecule has 0 aromatic rings. The summed E-state index contributed by atoms with van der Waals surface area (Å²) in [5.41, 5.74) is 0. The van der Waals surface area contributed by atoms with Crippen molar-refractivity contribution in [2.24, 2.45) is 0 Å². The lowest BCUT2D eigenvalue weighted by Gasteiger charge is -2.36. The van der Waals surface area contributed by atoms with Crippen LogP contribution in [-0.4, -0.2) is 83.2 Å². The molecule has 26 heavy (non-hydrogen) atoms. The summed E-state index contributed by atoms with van der Waals surface area (Å²) < 4.78 is 27.8. The maximum atomic E-state index is 13.0. The number of rotatable bonds is 12. The van der Waals surface area contributed by atoms with Crippen LogP contribution in [0.15, 0.2) is 0 Å². The number of phosphoric acid groups is 1. The second-order valence-corrected chi connectivity index (χ2v) is 6.95. The van der Waals surface area contributed by atoms with Crippen molar-refractivity contribution >= 4 is 7.82 Å². The Hall–Kier alpha value is -0.250. The number of hydrogen-bond donors (Lipinski definition) is 6. The minimum absolute atomic E-state index is 0.450. The van der Waals surface area contributed by atoms with E-state index in [0.717, 1.165) is 0 Å². The van der Waals surface area contributed by atoms with Gasteiger partial charge in [-0.05, 0) is 41.5 Å². The summed E-state index contributed by atoms with van der Waals surface area (Å²) in [5.74, 6) is 0. The molecule has 0 spiro atoms. The Kier molecular flexibility index (Phi) is 10.8. The van der Waals surface area contributed by atoms with Crippen LogP contribution in [-0.2, 0) is 18.4 Å². The molecular formula is C12H30N3O10P. The van der Waals surface area contributed by atoms with Crippen LogP contribution in [0.25, 0.3) is 0 Å². The minimum atomic E-state index is -4.89. The van der Waals surface area contributed by atoms with Gasteiger partial charge in [-0.25, -0.2) is 4.57 Å². The molecule has 0 aliphatic heterocycles. The van der Waals surface area contributed by atoms with Gasteiger partial charge in [0.25, 0.3) is 0 Å². The largest absolute Gasteiger partial charge is 0.525 e. The number of nitrogens with zero attached hydrogens (tertiary/aromatic N) is 3. The van der Waals surface area contributed by atoms with Crippen molar-refractivity contribution in [1.29, 1.82) is 0 Å². The van der Waals surface area contributed by atoms with Crippen LogP contribution < -0.4 is 0 Å². The highest BCUT2D eigenvalue weighted by Crippen LogP contribution is 2.53. The third-order valence-electron chi connectivity index (χ3n) is 2.79. The summed E-state index contributed by atoms with van der Waals surface area (Å²) >= 11 is 0. The Labute approximate surface area is 152 Å². The highest BCUT2D eigenvalue weighted by molar-refractivity contribution is 7.48. The maximum absolute atomic E-state index is 13.0. The molecule has 0 fully saturated rings. The van der Waals surface area contributed by atoms with E-state index < -0.39 is 45.2 Å². The summed E-state index contributed by atoms with van der Waals surface area (Å²) in [7, 11) is -4.89. The summed E-state index contributed by atoms with van der Waals surface area (Å²) in [5, 5.41) is 59.2. The van der Waals surface area contributed by atoms with Crippen molar-refractivity contribution in [3.05, 3.63) is 0 Å². The topological polar surface area (TPSA) is 176 Å². The number of aliphatic hydroxyl groups excluding tert-OH is 6. The lowest BCUT2D eigenvalue weighted by molar-refractivity contribution is -0.313. The third kappa shape index (κ3) is 8.19. The van der Waals surface area contributed by atoms with Crippen LogP contribution in [0.1, 0.15) is 41.5 Å². The molecule has 6 atom stereocenters. The van der Waals surface area contributed by atoms with E-state index in [0.29, 0.717) is 15.2 Å². The second-order valence-electron chi connectivity index (χ2n) is 5.56. The second kappa shape index (κ2) is 10.9. The first kappa shape index (κ1) is 25.8. The predicted octanol–water partition coefficient (Wildman–Crippen LogP) is -1.17. The molecule has 0 aliphatic carbocycles. The standard InChI is InChI=1S/C12H30N3O10P/c1-7(16)13(8(2)17)23-26(22,24-14(9(3)18)10(4)19)25-15(11(5)20)12(6)21/h7-12,16-21H,1-6H3. The molecule has 0 rings (SSSR count). The highest BCUT2D eigenvalue weighted by atomic mass is 31.2. The smallest absolute Gasteiger partial charge is 0.376 e. The van der Waals surface area contributed by atoms with Gasteiger partial charge in [0.05, 0.1) is 0 Å². The molecule has 6 unspecified atom stereocenters. The Bertz CT molecular complexity index is 363. The molecule has 6 N–H and O–H groups in total. The molecule has 0 aromatic heterocycles. The van der Waals surface area contributed by atoms with Gasteiger partial charge in [0.2, 0.25) is 0 Å². The summed E-state index contributed by atoms with van der Waals surface area (Å²) in [6, 6.07) is 0. The van der Waals surface area contributed by atoms with Crippen LogP contribution in [0.2, 0.25) is 0 Å². The van der Waals surface area contributed by atoms with Crippen LogP contribution in [0.5, 0.6) is 0 Å². The zero-order chi connectivity index (χ0) is 20.8. The number of aliphatic hydroxyl groups is 6. The fourth-order valence-electron chi connectivity index (χ4n) is 1.74. The molecule has 0 saturated carbocycles. The molecular weight excluding hydrogens is 377 g/mol. The number of hydroxylamine groups is 6. The number of hydrogen-bond acceptors (Lipinski definition) is 13. The predicted molar refractivity (Wildman–Crippen MR) is 86.5 cm³/mol. The quantitative estimate of drug-likeness (QED) is 0.130. The SMILES string of the molecule is CC(O)N(OP(=O)(ON(C(C)O)C(C)O)ON(C(C)O)C(C)O)C(C)O. The van der Waals surface area contributed by atoms with Crippen LogP contribution in [0.4, 0.5) is 0 Å². The van der Waals surface area contributed by atoms with E-state index in [2.05, 4.69) is 0 Å². The highest BCUT2D eigenvalue weighted by Gasteiger charge is 2.42. The first-order valence-corrected chi connectivity index (χ1v) is 9.30. The van der Waals surface area contributed by atoms with Gasteiger partial charge in [0.15, 0.2) is 0 Å². The van der Waals surface area contributed by atoms with Gasteiger partial charge in [0, 0.05) is 0 Å². The Morgan fingerprint density at radius 1 is 0.538 bits per heavy atom. The van der Waals surface area contributed by atoms with Crippen LogP contribution in [0, 0.1) is 0 Å². The van der Waals surface area contributed by atoms with Crippen molar-refractivity contribution in [3.63, 3.8) is 0 Å². The zero-order valence-electron chi connectivity index (χ0n) is 15.6. The summed E-state index contributed by atoms with van der Waals surface area (Å²) in [6.45, 7) is 7.08. The van der Waals surface area contributed by atoms with Crippen molar-refractivity contribution in [3.8, 4) is 0 Å². The molecule has 0 radical (unpaired) electrons. The van der Waals surface area contributed by atoms with E-state index in [1.807, 2.05) is 0 Å². The van der Waals surface area contributed by atoms with E-state index in [1.165, 1.54) is 41.5 Å². The molecule has 0 aliphatic rings. The molecule has 0 heterocycles. The van der Waals surface area contributed by atoms with Crippen LogP contribution >= 0.6 is 7.82 Å². The van der Waals surface area contributed by atoms with E-state index in [9.17, 15) is 35.2 Å². The normalized spacial score (nSPS) is 22.1. The average Bonchev–Trinajstić information content (AvgIpc) is 2.46. The van der Waals surface area contributed by atoms with E-state index in [4.69, 9.17) is 13.9 Å². The zero-order valence-corrected chi connectivity index (χ0v) is 16.5. The monoisotopic (exact) mass is 407 g/mol. The molecule has 0 bridgehead atoms. The lowest BCUT2D eigenvalue weighted by atomic mass is 10.5. The first-order chi connectivity index (χ1) is 11.7. The van der Waals surface area contributed by atoms with Crippen molar-refractivity contribution in [1.82, 2.24) is 15.2 Å². The van der Waals surface area contributed by atoms with Gasteiger partial charge < -0.3 is 30.6 Å². The van der Waals surface area contributed by atoms with E-state index >= 15 is 0 Å². The van der Waals surface area contributed by atoms with Gasteiger partial charge in [-0.15, -0.1) is 15.2 Å². The average molecular weight is 407 g/mol. The molecule has 0 amide bonds. The maximum Gasteiger partial charge on any atom is 0.525 e. The van der Waals surface area contributed by atoms with Crippen molar-refractivity contribution in [2.75, 3.05) is 0 Å². The Balaban J connectivity index is 5.79. The molecule has 0 aromatic carbocycles. The Morgan fingerprint density at radius 2 is 0.692 bits per heavy atom. The molecule has 158 valence electrons. The van der Waals surface area contributed by atoms with Crippen molar-refractivity contribution < 1.29 is 49.1 Å². The fourth-order valence-corrected chi connectivity index (χ4v) is 3.34. The molecule has 13 nitrogen and oxygen atoms in total. The van der Waals surface area contributed by atoms with Crippen LogP contribution in [0.3, 0.4) is 0 Å². The lowest BCUT2D eigenvalue weighted by Crippen LogP contribution is -2.45. The summed E-state index contributed by atoms with van der Waals surface area (Å²) in [6.07, 6.45) is -8.87. The van der Waals surface area contributed by atoms with E-state index in [1.54, 1.807) is 0 Å². The Morgan fingerprint density at radius 3 is 0.808 bits per heavy atom. The third-order valence-corrected chi connectivity index (χ3v) is 3.96. The van der Waals surface area contributed by atoms with Gasteiger partial charge in [-0.3, -0.25) is 0 Å². The first-order valence-electron chi connectivity index (χ1n) is 7.84.